The van der Waals surface area contributed by atoms with Crippen LogP contribution in [0, 0.1) is 5.92 Å². The van der Waals surface area contributed by atoms with Crippen LogP contribution < -0.4 is 10.5 Å². The van der Waals surface area contributed by atoms with Gasteiger partial charge in [-0.3, -0.25) is 4.98 Å². The highest BCUT2D eigenvalue weighted by molar-refractivity contribution is 5.32. The van der Waals surface area contributed by atoms with Gasteiger partial charge in [-0.05, 0) is 12.0 Å². The summed E-state index contributed by atoms with van der Waals surface area (Å²) in [5.74, 6) is 1.11. The molecule has 0 aliphatic carbocycles. The molecule has 0 fully saturated rings. The van der Waals surface area contributed by atoms with Gasteiger partial charge in [0.15, 0.2) is 0 Å². The number of hydrogen-bond donors (Lipinski definition) is 2. The van der Waals surface area contributed by atoms with Crippen molar-refractivity contribution < 1.29 is 9.84 Å². The van der Waals surface area contributed by atoms with Gasteiger partial charge >= 0.3 is 0 Å². The standard InChI is InChI=1S/C11H18N2O2/c1-8(2)7-15-11-5-13-4-3-9(11)10(12)6-14/h3-5,8,10,14H,6-7,12H2,1-2H3. The van der Waals surface area contributed by atoms with Crippen molar-refractivity contribution in [1.29, 1.82) is 0 Å². The Morgan fingerprint density at radius 2 is 2.27 bits per heavy atom. The van der Waals surface area contributed by atoms with Crippen LogP contribution in [-0.4, -0.2) is 23.3 Å². The van der Waals surface area contributed by atoms with E-state index in [0.717, 1.165) is 5.56 Å². The molecule has 0 bridgehead atoms. The number of ether oxygens (including phenoxy) is 1. The summed E-state index contributed by atoms with van der Waals surface area (Å²) in [6.45, 7) is 4.67. The first-order chi connectivity index (χ1) is 7.15. The van der Waals surface area contributed by atoms with Crippen LogP contribution in [0.2, 0.25) is 0 Å². The highest BCUT2D eigenvalue weighted by Gasteiger charge is 2.11. The summed E-state index contributed by atoms with van der Waals surface area (Å²) in [5.41, 5.74) is 6.54. The summed E-state index contributed by atoms with van der Waals surface area (Å²) in [6.07, 6.45) is 3.28. The van der Waals surface area contributed by atoms with Crippen LogP contribution in [0.15, 0.2) is 18.5 Å². The molecule has 0 aliphatic heterocycles. The molecule has 0 aromatic carbocycles. The van der Waals surface area contributed by atoms with E-state index in [2.05, 4.69) is 18.8 Å². The number of aliphatic hydroxyl groups is 1. The van der Waals surface area contributed by atoms with Gasteiger partial charge in [-0.2, -0.15) is 0 Å². The molecule has 0 saturated carbocycles. The predicted molar refractivity (Wildman–Crippen MR) is 58.6 cm³/mol. The third-order valence-electron chi connectivity index (χ3n) is 1.98. The van der Waals surface area contributed by atoms with E-state index in [9.17, 15) is 0 Å². The minimum atomic E-state index is -0.407. The predicted octanol–water partition coefficient (Wildman–Crippen LogP) is 1.11. The van der Waals surface area contributed by atoms with Crippen LogP contribution in [0.5, 0.6) is 5.75 Å². The lowest BCUT2D eigenvalue weighted by atomic mass is 10.1. The number of pyridine rings is 1. The molecule has 1 unspecified atom stereocenters. The molecule has 0 amide bonds. The monoisotopic (exact) mass is 210 g/mol. The molecule has 1 heterocycles. The molecule has 1 aromatic heterocycles. The summed E-state index contributed by atoms with van der Waals surface area (Å²) in [4.78, 5) is 3.98. The molecule has 3 N–H and O–H groups in total. The Morgan fingerprint density at radius 1 is 1.53 bits per heavy atom. The lowest BCUT2D eigenvalue weighted by Gasteiger charge is -2.15. The Morgan fingerprint density at radius 3 is 2.87 bits per heavy atom. The lowest BCUT2D eigenvalue weighted by molar-refractivity contribution is 0.248. The van der Waals surface area contributed by atoms with E-state index in [0.29, 0.717) is 18.3 Å². The van der Waals surface area contributed by atoms with Gasteiger partial charge in [-0.25, -0.2) is 0 Å². The van der Waals surface area contributed by atoms with Gasteiger partial charge < -0.3 is 15.6 Å². The van der Waals surface area contributed by atoms with Gasteiger partial charge in [0.05, 0.1) is 25.5 Å². The quantitative estimate of drug-likeness (QED) is 0.764. The molecule has 4 nitrogen and oxygen atoms in total. The van der Waals surface area contributed by atoms with Gasteiger partial charge in [0, 0.05) is 11.8 Å². The van der Waals surface area contributed by atoms with Crippen LogP contribution >= 0.6 is 0 Å². The first-order valence-electron chi connectivity index (χ1n) is 5.08. The van der Waals surface area contributed by atoms with Crippen molar-refractivity contribution in [2.45, 2.75) is 19.9 Å². The highest BCUT2D eigenvalue weighted by Crippen LogP contribution is 2.22. The van der Waals surface area contributed by atoms with Gasteiger partial charge in [0.1, 0.15) is 5.75 Å². The smallest absolute Gasteiger partial charge is 0.142 e. The van der Waals surface area contributed by atoms with Crippen molar-refractivity contribution in [3.05, 3.63) is 24.0 Å². The van der Waals surface area contributed by atoms with Crippen LogP contribution in [0.3, 0.4) is 0 Å². The molecule has 0 aliphatic rings. The molecule has 1 aromatic rings. The topological polar surface area (TPSA) is 68.4 Å². The second-order valence-corrected chi connectivity index (χ2v) is 3.91. The number of nitrogens with two attached hydrogens (primary N) is 1. The second kappa shape index (κ2) is 5.68. The molecule has 0 spiro atoms. The van der Waals surface area contributed by atoms with E-state index >= 15 is 0 Å². The SMILES string of the molecule is CC(C)COc1cnccc1C(N)CO. The Labute approximate surface area is 90.1 Å². The van der Waals surface area contributed by atoms with Gasteiger partial charge in [0.25, 0.3) is 0 Å². The summed E-state index contributed by atoms with van der Waals surface area (Å²) in [7, 11) is 0. The maximum atomic E-state index is 8.99. The molecule has 1 atom stereocenters. The summed E-state index contributed by atoms with van der Waals surface area (Å²) in [5, 5.41) is 8.99. The van der Waals surface area contributed by atoms with E-state index < -0.39 is 6.04 Å². The van der Waals surface area contributed by atoms with Crippen molar-refractivity contribution in [2.75, 3.05) is 13.2 Å². The minimum Gasteiger partial charge on any atom is -0.491 e. The number of nitrogens with zero attached hydrogens (tertiary/aromatic N) is 1. The first kappa shape index (κ1) is 11.9. The largest absolute Gasteiger partial charge is 0.491 e. The Balaban J connectivity index is 2.77. The molecule has 84 valence electrons. The molecule has 1 rings (SSSR count). The van der Waals surface area contributed by atoms with Gasteiger partial charge in [0.2, 0.25) is 0 Å². The van der Waals surface area contributed by atoms with Gasteiger partial charge in [-0.15, -0.1) is 0 Å². The van der Waals surface area contributed by atoms with Gasteiger partial charge in [-0.1, -0.05) is 13.8 Å². The molecule has 0 saturated heterocycles. The lowest BCUT2D eigenvalue weighted by Crippen LogP contribution is -2.17. The van der Waals surface area contributed by atoms with E-state index in [1.165, 1.54) is 0 Å². The van der Waals surface area contributed by atoms with E-state index in [4.69, 9.17) is 15.6 Å². The number of hydrogen-bond acceptors (Lipinski definition) is 4. The van der Waals surface area contributed by atoms with Crippen molar-refractivity contribution in [2.24, 2.45) is 11.7 Å². The van der Waals surface area contributed by atoms with Crippen molar-refractivity contribution in [3.8, 4) is 5.75 Å². The highest BCUT2D eigenvalue weighted by atomic mass is 16.5. The summed E-state index contributed by atoms with van der Waals surface area (Å²) >= 11 is 0. The van der Waals surface area contributed by atoms with E-state index in [1.807, 2.05) is 0 Å². The fourth-order valence-electron chi connectivity index (χ4n) is 1.17. The zero-order valence-corrected chi connectivity index (χ0v) is 9.18. The van der Waals surface area contributed by atoms with Crippen molar-refractivity contribution >= 4 is 0 Å². The van der Waals surface area contributed by atoms with Crippen LogP contribution in [-0.2, 0) is 0 Å². The minimum absolute atomic E-state index is 0.0952. The molecular formula is C11H18N2O2. The fourth-order valence-corrected chi connectivity index (χ4v) is 1.17. The third kappa shape index (κ3) is 3.49. The second-order valence-electron chi connectivity index (χ2n) is 3.91. The normalized spacial score (nSPS) is 12.9. The average molecular weight is 210 g/mol. The Hall–Kier alpha value is -1.13. The van der Waals surface area contributed by atoms with Crippen LogP contribution in [0.1, 0.15) is 25.5 Å². The van der Waals surface area contributed by atoms with Crippen molar-refractivity contribution in [1.82, 2.24) is 4.98 Å². The van der Waals surface area contributed by atoms with Crippen LogP contribution in [0.25, 0.3) is 0 Å². The Kier molecular flexibility index (Phi) is 4.52. The maximum absolute atomic E-state index is 8.99. The number of rotatable bonds is 5. The molecule has 0 radical (unpaired) electrons. The maximum Gasteiger partial charge on any atom is 0.142 e. The van der Waals surface area contributed by atoms with E-state index in [1.54, 1.807) is 18.5 Å². The third-order valence-corrected chi connectivity index (χ3v) is 1.98. The number of aliphatic hydroxyl groups excluding tert-OH is 1. The molecule has 4 heteroatoms. The zero-order valence-electron chi connectivity index (χ0n) is 9.18. The Bertz CT molecular complexity index is 302. The van der Waals surface area contributed by atoms with Crippen LogP contribution in [0.4, 0.5) is 0 Å². The summed E-state index contributed by atoms with van der Waals surface area (Å²) in [6, 6.07) is 1.37. The first-order valence-corrected chi connectivity index (χ1v) is 5.08. The van der Waals surface area contributed by atoms with E-state index in [-0.39, 0.29) is 6.61 Å². The van der Waals surface area contributed by atoms with Crippen molar-refractivity contribution in [3.63, 3.8) is 0 Å². The molecular weight excluding hydrogens is 192 g/mol. The average Bonchev–Trinajstić information content (AvgIpc) is 2.25. The zero-order chi connectivity index (χ0) is 11.3. The summed E-state index contributed by atoms with van der Waals surface area (Å²) < 4.78 is 5.57. The molecule has 15 heavy (non-hydrogen) atoms. The fraction of sp³-hybridized carbons (Fsp3) is 0.545. The number of aromatic nitrogens is 1.